The summed E-state index contributed by atoms with van der Waals surface area (Å²) in [6.45, 7) is 7.03. The van der Waals surface area contributed by atoms with Crippen molar-refractivity contribution in [3.05, 3.63) is 0 Å². The summed E-state index contributed by atoms with van der Waals surface area (Å²) in [5.74, 6) is 0. The van der Waals surface area contributed by atoms with Crippen molar-refractivity contribution in [2.24, 2.45) is 0 Å². The molecule has 6 nitrogen and oxygen atoms in total. The van der Waals surface area contributed by atoms with Crippen molar-refractivity contribution >= 4 is 10.2 Å². The summed E-state index contributed by atoms with van der Waals surface area (Å²) in [5, 5.41) is 3.28. The zero-order chi connectivity index (χ0) is 15.9. The molecule has 0 spiro atoms. The predicted octanol–water partition coefficient (Wildman–Crippen LogP) is 0.625. The predicted molar refractivity (Wildman–Crippen MR) is 87.6 cm³/mol. The molecule has 1 aliphatic rings. The lowest BCUT2D eigenvalue weighted by molar-refractivity contribution is 0.247. The lowest BCUT2D eigenvalue weighted by Gasteiger charge is -2.26. The van der Waals surface area contributed by atoms with Crippen LogP contribution < -0.4 is 10.0 Å². The molecule has 1 aliphatic carbocycles. The number of nitrogens with zero attached hydrogens (tertiary/aromatic N) is 2. The first-order valence-electron chi connectivity index (χ1n) is 8.02. The quantitative estimate of drug-likeness (QED) is 0.518. The number of hydrogen-bond donors (Lipinski definition) is 2. The molecule has 0 saturated heterocycles. The molecule has 0 aromatic carbocycles. The number of nitrogens with one attached hydrogen (secondary N) is 2. The zero-order valence-electron chi connectivity index (χ0n) is 13.9. The summed E-state index contributed by atoms with van der Waals surface area (Å²) in [5.41, 5.74) is 0. The Morgan fingerprint density at radius 2 is 1.90 bits per heavy atom. The van der Waals surface area contributed by atoms with Gasteiger partial charge in [-0.2, -0.15) is 12.7 Å². The fraction of sp³-hybridized carbons (Fsp3) is 1.00. The molecule has 1 unspecified atom stereocenters. The summed E-state index contributed by atoms with van der Waals surface area (Å²) >= 11 is 0. The third-order valence-electron chi connectivity index (χ3n) is 4.04. The van der Waals surface area contributed by atoms with Crippen LogP contribution in [-0.2, 0) is 10.2 Å². The molecule has 1 rings (SSSR count). The maximum absolute atomic E-state index is 12.1. The van der Waals surface area contributed by atoms with Gasteiger partial charge < -0.3 is 5.32 Å². The number of rotatable bonds is 12. The van der Waals surface area contributed by atoms with Crippen LogP contribution in [0.5, 0.6) is 0 Å². The van der Waals surface area contributed by atoms with E-state index in [0.29, 0.717) is 19.1 Å². The zero-order valence-corrected chi connectivity index (χ0v) is 14.7. The van der Waals surface area contributed by atoms with Gasteiger partial charge in [-0.15, -0.1) is 0 Å². The van der Waals surface area contributed by atoms with Crippen LogP contribution in [0.1, 0.15) is 39.5 Å². The highest BCUT2D eigenvalue weighted by molar-refractivity contribution is 7.87. The highest BCUT2D eigenvalue weighted by Gasteiger charge is 2.29. The van der Waals surface area contributed by atoms with Crippen LogP contribution in [0.3, 0.4) is 0 Å². The van der Waals surface area contributed by atoms with Crippen LogP contribution in [0.2, 0.25) is 0 Å². The van der Waals surface area contributed by atoms with Crippen molar-refractivity contribution in [3.63, 3.8) is 0 Å². The van der Waals surface area contributed by atoms with Gasteiger partial charge in [0.15, 0.2) is 0 Å². The smallest absolute Gasteiger partial charge is 0.279 e. The van der Waals surface area contributed by atoms with Gasteiger partial charge in [-0.1, -0.05) is 6.92 Å². The first-order valence-corrected chi connectivity index (χ1v) is 9.46. The second-order valence-electron chi connectivity index (χ2n) is 6.02. The van der Waals surface area contributed by atoms with Gasteiger partial charge >= 0.3 is 0 Å². The Morgan fingerprint density at radius 1 is 1.24 bits per heavy atom. The lowest BCUT2D eigenvalue weighted by Crippen LogP contribution is -2.46. The second kappa shape index (κ2) is 9.05. The average molecular weight is 321 g/mol. The van der Waals surface area contributed by atoms with E-state index in [1.165, 1.54) is 17.1 Å². The van der Waals surface area contributed by atoms with Gasteiger partial charge in [0.2, 0.25) is 0 Å². The summed E-state index contributed by atoms with van der Waals surface area (Å²) < 4.78 is 28.4. The topological polar surface area (TPSA) is 64.7 Å². The monoisotopic (exact) mass is 320 g/mol. The molecule has 2 N–H and O–H groups in total. The molecule has 0 amide bonds. The lowest BCUT2D eigenvalue weighted by atomic mass is 10.3. The molecule has 1 atom stereocenters. The van der Waals surface area contributed by atoms with Crippen LogP contribution in [0.25, 0.3) is 0 Å². The number of likely N-dealkylation sites (N-methyl/N-ethyl adjacent to an activating group) is 1. The molecule has 126 valence electrons. The molecule has 1 saturated carbocycles. The van der Waals surface area contributed by atoms with Crippen molar-refractivity contribution in [1.82, 2.24) is 19.2 Å². The SMILES string of the molecule is CCCNCCCN(C)S(=O)(=O)NCC(C)N(C)C1CC1. The van der Waals surface area contributed by atoms with Gasteiger partial charge in [-0.25, -0.2) is 4.72 Å². The van der Waals surface area contributed by atoms with Gasteiger partial charge in [0.1, 0.15) is 0 Å². The molecule has 0 bridgehead atoms. The first kappa shape index (κ1) is 18.8. The number of hydrogen-bond acceptors (Lipinski definition) is 4. The summed E-state index contributed by atoms with van der Waals surface area (Å²) in [6.07, 6.45) is 4.40. The minimum atomic E-state index is -3.36. The highest BCUT2D eigenvalue weighted by atomic mass is 32.2. The van der Waals surface area contributed by atoms with Crippen LogP contribution in [0.4, 0.5) is 0 Å². The Balaban J connectivity index is 2.24. The van der Waals surface area contributed by atoms with Gasteiger partial charge in [-0.05, 0) is 52.7 Å². The minimum Gasteiger partial charge on any atom is -0.317 e. The van der Waals surface area contributed by atoms with Crippen molar-refractivity contribution in [1.29, 1.82) is 0 Å². The summed E-state index contributed by atoms with van der Waals surface area (Å²) in [4.78, 5) is 2.26. The van der Waals surface area contributed by atoms with Crippen LogP contribution in [-0.4, -0.2) is 70.0 Å². The van der Waals surface area contributed by atoms with E-state index < -0.39 is 10.2 Å². The molecule has 0 heterocycles. The van der Waals surface area contributed by atoms with E-state index >= 15 is 0 Å². The Kier molecular flexibility index (Phi) is 8.12. The van der Waals surface area contributed by atoms with E-state index in [9.17, 15) is 8.42 Å². The molecular formula is C14H32N4O2S. The maximum atomic E-state index is 12.1. The third kappa shape index (κ3) is 7.06. The van der Waals surface area contributed by atoms with Gasteiger partial charge in [0.05, 0.1) is 0 Å². The van der Waals surface area contributed by atoms with E-state index in [-0.39, 0.29) is 6.04 Å². The third-order valence-corrected chi connectivity index (χ3v) is 5.58. The Bertz CT molecular complexity index is 384. The fourth-order valence-corrected chi connectivity index (χ4v) is 3.21. The molecule has 7 heteroatoms. The van der Waals surface area contributed by atoms with Gasteiger partial charge in [-0.3, -0.25) is 4.90 Å². The first-order chi connectivity index (χ1) is 9.88. The molecule has 21 heavy (non-hydrogen) atoms. The van der Waals surface area contributed by atoms with E-state index in [1.807, 2.05) is 0 Å². The average Bonchev–Trinajstić information content (AvgIpc) is 3.28. The highest BCUT2D eigenvalue weighted by Crippen LogP contribution is 2.26. The van der Waals surface area contributed by atoms with Gasteiger partial charge in [0, 0.05) is 32.2 Å². The molecule has 0 aromatic rings. The van der Waals surface area contributed by atoms with E-state index in [0.717, 1.165) is 25.9 Å². The standard InChI is InChI=1S/C14H32N4O2S/c1-5-9-15-10-6-11-17(3)21(19,20)16-12-13(2)18(4)14-7-8-14/h13-16H,5-12H2,1-4H3. The largest absolute Gasteiger partial charge is 0.317 e. The van der Waals surface area contributed by atoms with Crippen molar-refractivity contribution < 1.29 is 8.42 Å². The Labute approximate surface area is 130 Å². The molecular weight excluding hydrogens is 288 g/mol. The van der Waals surface area contributed by atoms with E-state index in [2.05, 4.69) is 35.8 Å². The maximum Gasteiger partial charge on any atom is 0.279 e. The summed E-state index contributed by atoms with van der Waals surface area (Å²) in [7, 11) is 0.348. The van der Waals surface area contributed by atoms with Crippen LogP contribution in [0.15, 0.2) is 0 Å². The van der Waals surface area contributed by atoms with E-state index in [4.69, 9.17) is 0 Å². The molecule has 0 aromatic heterocycles. The fourth-order valence-electron chi connectivity index (χ4n) is 2.17. The summed E-state index contributed by atoms with van der Waals surface area (Å²) in [6, 6.07) is 0.874. The van der Waals surface area contributed by atoms with Crippen molar-refractivity contribution in [2.45, 2.75) is 51.6 Å². The Morgan fingerprint density at radius 3 is 2.48 bits per heavy atom. The van der Waals surface area contributed by atoms with Crippen LogP contribution >= 0.6 is 0 Å². The van der Waals surface area contributed by atoms with Gasteiger partial charge in [0.25, 0.3) is 10.2 Å². The molecule has 0 radical (unpaired) electrons. The Hall–Kier alpha value is -0.210. The molecule has 0 aliphatic heterocycles. The minimum absolute atomic E-state index is 0.229. The molecule has 1 fully saturated rings. The van der Waals surface area contributed by atoms with Crippen molar-refractivity contribution in [3.8, 4) is 0 Å². The second-order valence-corrected chi connectivity index (χ2v) is 7.89. The van der Waals surface area contributed by atoms with Crippen molar-refractivity contribution in [2.75, 3.05) is 40.3 Å². The normalized spacial score (nSPS) is 17.6. The van der Waals surface area contributed by atoms with E-state index in [1.54, 1.807) is 7.05 Å². The van der Waals surface area contributed by atoms with Crippen LogP contribution in [0, 0.1) is 0 Å².